The maximum Gasteiger partial charge on any atom is 0.335 e. The van der Waals surface area contributed by atoms with Crippen molar-refractivity contribution in [1.29, 1.82) is 0 Å². The Balaban J connectivity index is 0.000000411. The molecule has 0 radical (unpaired) electrons. The zero-order chi connectivity index (χ0) is 14.1. The molecule has 1 aliphatic heterocycles. The van der Waals surface area contributed by atoms with E-state index in [4.69, 9.17) is 14.6 Å². The van der Waals surface area contributed by atoms with Crippen molar-refractivity contribution >= 4 is 11.9 Å². The molecule has 5 nitrogen and oxygen atoms in total. The fourth-order valence-electron chi connectivity index (χ4n) is 1.02. The van der Waals surface area contributed by atoms with Crippen LogP contribution < -0.4 is 0 Å². The summed E-state index contributed by atoms with van der Waals surface area (Å²) in [7, 11) is 0. The van der Waals surface area contributed by atoms with Gasteiger partial charge >= 0.3 is 11.9 Å². The topological polar surface area (TPSA) is 72.8 Å². The van der Waals surface area contributed by atoms with Gasteiger partial charge in [0.1, 0.15) is 0 Å². The van der Waals surface area contributed by atoms with Crippen molar-refractivity contribution in [2.24, 2.45) is 0 Å². The number of aliphatic carboxylic acids is 1. The summed E-state index contributed by atoms with van der Waals surface area (Å²) in [5.41, 5.74) is 0.596. The Hall–Kier alpha value is -1.62. The molecule has 18 heavy (non-hydrogen) atoms. The minimum Gasteiger partial charge on any atom is -0.478 e. The number of carbonyl (C=O) groups is 2. The second-order valence-corrected chi connectivity index (χ2v) is 4.07. The van der Waals surface area contributed by atoms with Crippen molar-refractivity contribution in [3.8, 4) is 0 Å². The van der Waals surface area contributed by atoms with Gasteiger partial charge in [-0.3, -0.25) is 0 Å². The molecule has 0 amide bonds. The molecule has 1 N–H and O–H groups in total. The smallest absolute Gasteiger partial charge is 0.335 e. The highest BCUT2D eigenvalue weighted by Crippen LogP contribution is 2.14. The van der Waals surface area contributed by atoms with Crippen molar-refractivity contribution in [2.45, 2.75) is 39.4 Å². The largest absolute Gasteiger partial charge is 0.478 e. The average molecular weight is 256 g/mol. The molecular weight excluding hydrogens is 236 g/mol. The first-order valence-corrected chi connectivity index (χ1v) is 5.71. The van der Waals surface area contributed by atoms with E-state index in [1.54, 1.807) is 6.92 Å². The number of hydrogen-bond donors (Lipinski definition) is 1. The number of ether oxygens (including phenoxy) is 2. The van der Waals surface area contributed by atoms with Gasteiger partial charge in [-0.15, -0.1) is 0 Å². The van der Waals surface area contributed by atoms with E-state index in [-0.39, 0.29) is 17.8 Å². The zero-order valence-electron chi connectivity index (χ0n) is 10.9. The maximum absolute atomic E-state index is 11.0. The first-order chi connectivity index (χ1) is 8.34. The van der Waals surface area contributed by atoms with Gasteiger partial charge in [0.15, 0.2) is 0 Å². The average Bonchev–Trinajstić information content (AvgIpc) is 2.30. The predicted molar refractivity (Wildman–Crippen MR) is 66.9 cm³/mol. The van der Waals surface area contributed by atoms with Crippen molar-refractivity contribution in [3.63, 3.8) is 0 Å². The number of hydrogen-bond acceptors (Lipinski definition) is 4. The fourth-order valence-corrected chi connectivity index (χ4v) is 1.02. The van der Waals surface area contributed by atoms with Crippen LogP contribution in [0.2, 0.25) is 0 Å². The Bertz CT molecular complexity index is 314. The molecule has 0 saturated carbocycles. The summed E-state index contributed by atoms with van der Waals surface area (Å²) < 4.78 is 10.2. The van der Waals surface area contributed by atoms with Crippen molar-refractivity contribution in [1.82, 2.24) is 0 Å². The zero-order valence-corrected chi connectivity index (χ0v) is 10.9. The van der Waals surface area contributed by atoms with Gasteiger partial charge < -0.3 is 14.6 Å². The summed E-state index contributed by atoms with van der Waals surface area (Å²) >= 11 is 0. The Morgan fingerprint density at radius 1 is 1.22 bits per heavy atom. The molecule has 0 aliphatic carbocycles. The fraction of sp³-hybridized carbons (Fsp3) is 0.538. The predicted octanol–water partition coefficient (Wildman–Crippen LogP) is 2.28. The number of carbonyl (C=O) groups excluding carboxylic acids is 1. The molecule has 5 heteroatoms. The number of carboxylic acids is 1. The molecule has 1 fully saturated rings. The van der Waals surface area contributed by atoms with Gasteiger partial charge in [0.25, 0.3) is 0 Å². The van der Waals surface area contributed by atoms with Crippen LogP contribution in [0.1, 0.15) is 33.1 Å². The summed E-state index contributed by atoms with van der Waals surface area (Å²) in [6.45, 7) is 10.4. The number of carboxylic acid groups (broad SMARTS) is 1. The van der Waals surface area contributed by atoms with Crippen molar-refractivity contribution in [3.05, 3.63) is 24.3 Å². The molecule has 1 unspecified atom stereocenters. The van der Waals surface area contributed by atoms with Crippen LogP contribution in [0.4, 0.5) is 0 Å². The van der Waals surface area contributed by atoms with Crippen LogP contribution in [0.3, 0.4) is 0 Å². The lowest BCUT2D eigenvalue weighted by Crippen LogP contribution is -2.25. The molecule has 0 aromatic rings. The quantitative estimate of drug-likeness (QED) is 0.619. The van der Waals surface area contributed by atoms with E-state index in [0.29, 0.717) is 12.2 Å². The van der Waals surface area contributed by atoms with E-state index in [1.807, 2.05) is 0 Å². The second-order valence-electron chi connectivity index (χ2n) is 4.07. The van der Waals surface area contributed by atoms with E-state index >= 15 is 0 Å². The first-order valence-electron chi connectivity index (χ1n) is 5.71. The number of rotatable bonds is 3. The summed E-state index contributed by atoms with van der Waals surface area (Å²) in [6, 6.07) is 0. The van der Waals surface area contributed by atoms with E-state index in [0.717, 1.165) is 19.3 Å². The Morgan fingerprint density at radius 2 is 1.78 bits per heavy atom. The lowest BCUT2D eigenvalue weighted by atomic mass is 10.2. The summed E-state index contributed by atoms with van der Waals surface area (Å²) in [5.74, 6) is -1.29. The molecule has 1 saturated heterocycles. The first kappa shape index (κ1) is 16.4. The molecule has 1 aliphatic rings. The van der Waals surface area contributed by atoms with Crippen molar-refractivity contribution < 1.29 is 24.2 Å². The molecule has 1 atom stereocenters. The van der Waals surface area contributed by atoms with Crippen LogP contribution >= 0.6 is 0 Å². The van der Waals surface area contributed by atoms with Crippen LogP contribution in [0.25, 0.3) is 0 Å². The van der Waals surface area contributed by atoms with Gasteiger partial charge in [0.2, 0.25) is 6.29 Å². The highest BCUT2D eigenvalue weighted by molar-refractivity contribution is 5.87. The maximum atomic E-state index is 11.0. The minimum atomic E-state index is -0.935. The minimum absolute atomic E-state index is 0.176. The second kappa shape index (κ2) is 8.47. The van der Waals surface area contributed by atoms with Crippen LogP contribution in [0.5, 0.6) is 0 Å². The van der Waals surface area contributed by atoms with Gasteiger partial charge in [0, 0.05) is 17.6 Å². The molecule has 1 heterocycles. The molecule has 0 bridgehead atoms. The van der Waals surface area contributed by atoms with E-state index in [1.165, 1.54) is 6.92 Å². The van der Waals surface area contributed by atoms with Crippen LogP contribution in [-0.2, 0) is 19.1 Å². The molecular formula is C13H20O5. The highest BCUT2D eigenvalue weighted by Gasteiger charge is 2.17. The molecule has 102 valence electrons. The normalized spacial score (nSPS) is 18.0. The Labute approximate surface area is 107 Å². The Kier molecular flexibility index (Phi) is 7.71. The van der Waals surface area contributed by atoms with Crippen LogP contribution in [-0.4, -0.2) is 29.9 Å². The molecule has 0 aromatic carbocycles. The van der Waals surface area contributed by atoms with Gasteiger partial charge in [-0.05, 0) is 26.7 Å². The van der Waals surface area contributed by atoms with Gasteiger partial charge in [-0.1, -0.05) is 13.2 Å². The third kappa shape index (κ3) is 7.62. The standard InChI is InChI=1S/C9H14O3.C4H6O2/c1-7(2)9(10)12-8-5-3-4-6-11-8;1-3(2)4(5)6/h8H,1,3-6H2,2H3;1H2,2H3,(H,5,6). The van der Waals surface area contributed by atoms with E-state index in [9.17, 15) is 9.59 Å². The number of esters is 1. The van der Waals surface area contributed by atoms with Crippen LogP contribution in [0.15, 0.2) is 24.3 Å². The molecule has 1 rings (SSSR count). The summed E-state index contributed by atoms with van der Waals surface area (Å²) in [4.78, 5) is 20.6. The lowest BCUT2D eigenvalue weighted by Gasteiger charge is -2.22. The SMILES string of the molecule is C=C(C)C(=O)O.C=C(C)C(=O)OC1CCCCO1. The third-order valence-electron chi connectivity index (χ3n) is 2.09. The lowest BCUT2D eigenvalue weighted by molar-refractivity contribution is -0.182. The summed E-state index contributed by atoms with van der Waals surface area (Å²) in [5, 5.41) is 7.89. The van der Waals surface area contributed by atoms with Gasteiger partial charge in [-0.25, -0.2) is 9.59 Å². The van der Waals surface area contributed by atoms with Gasteiger partial charge in [-0.2, -0.15) is 0 Å². The highest BCUT2D eigenvalue weighted by atomic mass is 16.7. The van der Waals surface area contributed by atoms with E-state index in [2.05, 4.69) is 13.2 Å². The monoisotopic (exact) mass is 256 g/mol. The summed E-state index contributed by atoms with van der Waals surface area (Å²) in [6.07, 6.45) is 2.58. The Morgan fingerprint density at radius 3 is 2.11 bits per heavy atom. The molecule has 0 aromatic heterocycles. The van der Waals surface area contributed by atoms with E-state index < -0.39 is 5.97 Å². The van der Waals surface area contributed by atoms with Gasteiger partial charge in [0.05, 0.1) is 6.61 Å². The molecule has 0 spiro atoms. The third-order valence-corrected chi connectivity index (χ3v) is 2.09. The van der Waals surface area contributed by atoms with Crippen molar-refractivity contribution in [2.75, 3.05) is 6.61 Å². The van der Waals surface area contributed by atoms with Crippen LogP contribution in [0, 0.1) is 0 Å².